The van der Waals surface area contributed by atoms with Crippen molar-refractivity contribution in [3.63, 3.8) is 0 Å². The second-order valence-corrected chi connectivity index (χ2v) is 10.6. The van der Waals surface area contributed by atoms with Gasteiger partial charge in [-0.05, 0) is 44.0 Å². The van der Waals surface area contributed by atoms with Crippen LogP contribution in [0.25, 0.3) is 11.4 Å². The molecule has 1 aromatic heterocycles. The zero-order valence-electron chi connectivity index (χ0n) is 17.5. The second-order valence-electron chi connectivity index (χ2n) is 7.76. The number of sulfonamides is 1. The van der Waals surface area contributed by atoms with Crippen molar-refractivity contribution in [3.8, 4) is 11.4 Å². The van der Waals surface area contributed by atoms with Crippen molar-refractivity contribution in [1.82, 2.24) is 19.8 Å². The van der Waals surface area contributed by atoms with Crippen LogP contribution in [0.3, 0.4) is 0 Å². The van der Waals surface area contributed by atoms with Gasteiger partial charge in [-0.25, -0.2) is 8.42 Å². The summed E-state index contributed by atoms with van der Waals surface area (Å²) < 4.78 is 33.5. The van der Waals surface area contributed by atoms with Gasteiger partial charge in [0.2, 0.25) is 27.6 Å². The Kier molecular flexibility index (Phi) is 6.73. The fourth-order valence-electron chi connectivity index (χ4n) is 3.61. The predicted octanol–water partition coefficient (Wildman–Crippen LogP) is 3.52. The van der Waals surface area contributed by atoms with Crippen LogP contribution in [-0.4, -0.2) is 41.9 Å². The van der Waals surface area contributed by atoms with Gasteiger partial charge in [0, 0.05) is 23.1 Å². The molecule has 1 amide bonds. The molecule has 0 aliphatic carbocycles. The van der Waals surface area contributed by atoms with E-state index in [-0.39, 0.29) is 29.8 Å². The number of rotatable bonds is 6. The fraction of sp³-hybridized carbons (Fsp3) is 0.318. The first-order valence-electron chi connectivity index (χ1n) is 10.3. The molecule has 0 bridgehead atoms. The SMILES string of the molecule is Cc1ccc(S(=O)(=O)N2CCC[C@@H](C(=O)NCc3nc(-c4cccc(Br)c4)no3)C2)cc1. The average molecular weight is 519 g/mol. The Morgan fingerprint density at radius 1 is 1.25 bits per heavy atom. The number of hydrogen-bond donors (Lipinski definition) is 1. The van der Waals surface area contributed by atoms with Crippen molar-refractivity contribution >= 4 is 31.9 Å². The molecule has 1 fully saturated rings. The molecule has 1 aliphatic heterocycles. The Balaban J connectivity index is 1.37. The Labute approximate surface area is 195 Å². The number of halogens is 1. The first-order chi connectivity index (χ1) is 15.3. The molecule has 0 radical (unpaired) electrons. The van der Waals surface area contributed by atoms with Gasteiger partial charge in [0.05, 0.1) is 17.4 Å². The van der Waals surface area contributed by atoms with Gasteiger partial charge in [0.1, 0.15) is 0 Å². The van der Waals surface area contributed by atoms with Crippen molar-refractivity contribution < 1.29 is 17.7 Å². The lowest BCUT2D eigenvalue weighted by Gasteiger charge is -2.31. The maximum Gasteiger partial charge on any atom is 0.246 e. The van der Waals surface area contributed by atoms with Gasteiger partial charge in [-0.2, -0.15) is 9.29 Å². The Morgan fingerprint density at radius 2 is 2.03 bits per heavy atom. The standard InChI is InChI=1S/C22H23BrN4O4S/c1-15-7-9-19(10-8-15)32(29,30)27-11-3-5-17(14-27)22(28)24-13-20-25-21(26-31-20)16-4-2-6-18(23)12-16/h2,4,6-10,12,17H,3,5,11,13-14H2,1H3,(H,24,28)/t17-/m1/s1. The highest BCUT2D eigenvalue weighted by Gasteiger charge is 2.33. The summed E-state index contributed by atoms with van der Waals surface area (Å²) in [7, 11) is -3.63. The van der Waals surface area contributed by atoms with E-state index in [9.17, 15) is 13.2 Å². The van der Waals surface area contributed by atoms with Crippen LogP contribution in [-0.2, 0) is 21.4 Å². The zero-order chi connectivity index (χ0) is 22.7. The van der Waals surface area contributed by atoms with Crippen LogP contribution in [0.1, 0.15) is 24.3 Å². The molecule has 0 unspecified atom stereocenters. The Bertz CT molecular complexity index is 1210. The molecular formula is C22H23BrN4O4S. The number of aromatic nitrogens is 2. The maximum atomic E-state index is 13.0. The van der Waals surface area contributed by atoms with Gasteiger partial charge in [0.25, 0.3) is 0 Å². The quantitative estimate of drug-likeness (QED) is 0.535. The second kappa shape index (κ2) is 9.51. The Morgan fingerprint density at radius 3 is 2.78 bits per heavy atom. The number of nitrogens with zero attached hydrogens (tertiary/aromatic N) is 3. The average Bonchev–Trinajstić information content (AvgIpc) is 3.27. The van der Waals surface area contributed by atoms with E-state index in [1.807, 2.05) is 31.2 Å². The summed E-state index contributed by atoms with van der Waals surface area (Å²) in [6, 6.07) is 14.3. The topological polar surface area (TPSA) is 105 Å². The van der Waals surface area contributed by atoms with E-state index in [2.05, 4.69) is 31.4 Å². The molecule has 0 spiro atoms. The lowest BCUT2D eigenvalue weighted by Crippen LogP contribution is -2.45. The summed E-state index contributed by atoms with van der Waals surface area (Å²) in [4.78, 5) is 17.3. The molecule has 8 nitrogen and oxygen atoms in total. The normalized spacial score (nSPS) is 17.2. The molecule has 32 heavy (non-hydrogen) atoms. The fourth-order valence-corrected chi connectivity index (χ4v) is 5.54. The summed E-state index contributed by atoms with van der Waals surface area (Å²) in [5.74, 6) is 0.0595. The van der Waals surface area contributed by atoms with Crippen LogP contribution < -0.4 is 5.32 Å². The number of amides is 1. The highest BCUT2D eigenvalue weighted by molar-refractivity contribution is 9.10. The molecular weight excluding hydrogens is 496 g/mol. The lowest BCUT2D eigenvalue weighted by molar-refractivity contribution is -0.126. The van der Waals surface area contributed by atoms with Crippen molar-refractivity contribution in [2.45, 2.75) is 31.2 Å². The van der Waals surface area contributed by atoms with E-state index in [0.717, 1.165) is 15.6 Å². The van der Waals surface area contributed by atoms with Crippen molar-refractivity contribution in [1.29, 1.82) is 0 Å². The number of hydrogen-bond acceptors (Lipinski definition) is 6. The highest BCUT2D eigenvalue weighted by Crippen LogP contribution is 2.24. The van der Waals surface area contributed by atoms with Crippen LogP contribution in [0.4, 0.5) is 0 Å². The van der Waals surface area contributed by atoms with E-state index in [0.29, 0.717) is 25.2 Å². The molecule has 1 N–H and O–H groups in total. The van der Waals surface area contributed by atoms with Crippen LogP contribution in [0, 0.1) is 12.8 Å². The molecule has 168 valence electrons. The predicted molar refractivity (Wildman–Crippen MR) is 122 cm³/mol. The van der Waals surface area contributed by atoms with Crippen molar-refractivity contribution in [3.05, 3.63) is 64.5 Å². The molecule has 2 aromatic carbocycles. The zero-order valence-corrected chi connectivity index (χ0v) is 19.9. The minimum atomic E-state index is -3.63. The Hall–Kier alpha value is -2.56. The molecule has 1 atom stereocenters. The largest absolute Gasteiger partial charge is 0.347 e. The molecule has 2 heterocycles. The number of piperidine rings is 1. The molecule has 10 heteroatoms. The lowest BCUT2D eigenvalue weighted by atomic mass is 9.99. The van der Waals surface area contributed by atoms with Crippen LogP contribution in [0.2, 0.25) is 0 Å². The summed E-state index contributed by atoms with van der Waals surface area (Å²) in [5, 5.41) is 6.75. The minimum absolute atomic E-state index is 0.0844. The molecule has 0 saturated carbocycles. The van der Waals surface area contributed by atoms with E-state index >= 15 is 0 Å². The number of carbonyl (C=O) groups is 1. The number of aryl methyl sites for hydroxylation is 1. The van der Waals surface area contributed by atoms with E-state index < -0.39 is 15.9 Å². The third-order valence-corrected chi connectivity index (χ3v) is 7.75. The van der Waals surface area contributed by atoms with Gasteiger partial charge in [-0.15, -0.1) is 0 Å². The molecule has 1 aliphatic rings. The number of benzene rings is 2. The minimum Gasteiger partial charge on any atom is -0.347 e. The van der Waals surface area contributed by atoms with Gasteiger partial charge in [0.15, 0.2) is 0 Å². The van der Waals surface area contributed by atoms with Gasteiger partial charge < -0.3 is 9.84 Å². The first-order valence-corrected chi connectivity index (χ1v) is 12.5. The van der Waals surface area contributed by atoms with Gasteiger partial charge in [-0.3, -0.25) is 4.79 Å². The molecule has 1 saturated heterocycles. The third kappa shape index (κ3) is 5.08. The van der Waals surface area contributed by atoms with Crippen molar-refractivity contribution in [2.75, 3.05) is 13.1 Å². The summed E-state index contributed by atoms with van der Waals surface area (Å²) in [6.45, 7) is 2.54. The maximum absolute atomic E-state index is 13.0. The smallest absolute Gasteiger partial charge is 0.246 e. The third-order valence-electron chi connectivity index (χ3n) is 5.38. The summed E-state index contributed by atoms with van der Waals surface area (Å²) >= 11 is 3.41. The van der Waals surface area contributed by atoms with E-state index in [1.54, 1.807) is 24.3 Å². The van der Waals surface area contributed by atoms with Crippen LogP contribution in [0.5, 0.6) is 0 Å². The first kappa shape index (κ1) is 22.6. The van der Waals surface area contributed by atoms with Crippen LogP contribution >= 0.6 is 15.9 Å². The van der Waals surface area contributed by atoms with E-state index in [4.69, 9.17) is 4.52 Å². The summed E-state index contributed by atoms with van der Waals surface area (Å²) in [5.41, 5.74) is 1.79. The van der Waals surface area contributed by atoms with Gasteiger partial charge >= 0.3 is 0 Å². The van der Waals surface area contributed by atoms with Gasteiger partial charge in [-0.1, -0.05) is 50.9 Å². The summed E-state index contributed by atoms with van der Waals surface area (Å²) in [6.07, 6.45) is 1.25. The highest BCUT2D eigenvalue weighted by atomic mass is 79.9. The van der Waals surface area contributed by atoms with E-state index in [1.165, 1.54) is 4.31 Å². The number of carbonyl (C=O) groups excluding carboxylic acids is 1. The van der Waals surface area contributed by atoms with Crippen molar-refractivity contribution in [2.24, 2.45) is 5.92 Å². The monoisotopic (exact) mass is 518 g/mol. The molecule has 3 aromatic rings. The number of nitrogens with one attached hydrogen (secondary N) is 1. The molecule has 4 rings (SSSR count). The van der Waals surface area contributed by atoms with Crippen LogP contribution in [0.15, 0.2) is 62.4 Å².